The van der Waals surface area contributed by atoms with Crippen molar-refractivity contribution in [1.82, 2.24) is 4.98 Å². The molecule has 0 aliphatic heterocycles. The second kappa shape index (κ2) is 9.53. The lowest BCUT2D eigenvalue weighted by Gasteiger charge is -2.20. The molecule has 31 heavy (non-hydrogen) atoms. The number of benzene rings is 3. The lowest BCUT2D eigenvalue weighted by atomic mass is 10.1. The van der Waals surface area contributed by atoms with Crippen LogP contribution in [0.1, 0.15) is 25.0 Å². The quantitative estimate of drug-likeness (QED) is 0.291. The van der Waals surface area contributed by atoms with Crippen LogP contribution in [0.3, 0.4) is 0 Å². The van der Waals surface area contributed by atoms with Gasteiger partial charge in [-0.1, -0.05) is 30.3 Å². The summed E-state index contributed by atoms with van der Waals surface area (Å²) in [6.07, 6.45) is 3.27. The fourth-order valence-electron chi connectivity index (χ4n) is 3.38. The van der Waals surface area contributed by atoms with Crippen LogP contribution >= 0.6 is 11.3 Å². The first-order valence-electron chi connectivity index (χ1n) is 10.3. The molecule has 0 aliphatic rings. The normalized spacial score (nSPS) is 11.7. The Hall–Kier alpha value is -3.51. The highest BCUT2D eigenvalue weighted by Crippen LogP contribution is 2.36. The molecule has 0 bridgehead atoms. The third-order valence-corrected chi connectivity index (χ3v) is 6.15. The Balaban J connectivity index is 1.50. The highest BCUT2D eigenvalue weighted by molar-refractivity contribution is 7.21. The molecule has 0 fully saturated rings. The van der Waals surface area contributed by atoms with Crippen molar-refractivity contribution in [2.24, 2.45) is 10.2 Å². The van der Waals surface area contributed by atoms with Gasteiger partial charge in [-0.15, -0.1) is 11.3 Å². The van der Waals surface area contributed by atoms with Gasteiger partial charge in [0.25, 0.3) is 0 Å². The Labute approximate surface area is 186 Å². The Bertz CT molecular complexity index is 1190. The van der Waals surface area contributed by atoms with E-state index in [9.17, 15) is 5.11 Å². The Morgan fingerprint density at radius 1 is 0.903 bits per heavy atom. The summed E-state index contributed by atoms with van der Waals surface area (Å²) in [5.74, 6) is 0.157. The smallest absolute Gasteiger partial charge is 0.134 e. The molecular formula is C25H24N4OS. The van der Waals surface area contributed by atoms with Crippen molar-refractivity contribution in [3.63, 3.8) is 0 Å². The summed E-state index contributed by atoms with van der Waals surface area (Å²) in [6.45, 7) is 6.26. The fourth-order valence-corrected chi connectivity index (χ4v) is 4.37. The SMILES string of the molecule is CCN(CC)c1ccc(/C=N/N=C/c2cccc(-c3nc4ccccc4s3)c2O)cc1. The lowest BCUT2D eigenvalue weighted by molar-refractivity contribution is 0.476. The molecular weight excluding hydrogens is 404 g/mol. The molecule has 4 aromatic rings. The van der Waals surface area contributed by atoms with E-state index in [0.29, 0.717) is 11.1 Å². The van der Waals surface area contributed by atoms with Gasteiger partial charge in [0.2, 0.25) is 0 Å². The maximum absolute atomic E-state index is 10.7. The van der Waals surface area contributed by atoms with Crippen LogP contribution in [0.25, 0.3) is 20.8 Å². The molecule has 0 amide bonds. The van der Waals surface area contributed by atoms with E-state index in [1.165, 1.54) is 5.69 Å². The largest absolute Gasteiger partial charge is 0.507 e. The minimum atomic E-state index is 0.157. The average Bonchev–Trinajstić information content (AvgIpc) is 3.23. The molecule has 0 atom stereocenters. The molecule has 0 aliphatic carbocycles. The van der Waals surface area contributed by atoms with Crippen molar-refractivity contribution < 1.29 is 5.11 Å². The molecule has 1 heterocycles. The highest BCUT2D eigenvalue weighted by atomic mass is 32.1. The van der Waals surface area contributed by atoms with Gasteiger partial charge in [0.05, 0.1) is 28.2 Å². The Morgan fingerprint density at radius 2 is 1.65 bits per heavy atom. The van der Waals surface area contributed by atoms with E-state index in [2.05, 4.69) is 46.1 Å². The van der Waals surface area contributed by atoms with Crippen LogP contribution in [0, 0.1) is 0 Å². The molecule has 0 radical (unpaired) electrons. The van der Waals surface area contributed by atoms with Crippen molar-refractivity contribution in [2.75, 3.05) is 18.0 Å². The van der Waals surface area contributed by atoms with Crippen LogP contribution < -0.4 is 4.90 Å². The second-order valence-electron chi connectivity index (χ2n) is 6.98. The second-order valence-corrected chi connectivity index (χ2v) is 8.01. The van der Waals surface area contributed by atoms with Crippen molar-refractivity contribution in [1.29, 1.82) is 0 Å². The Morgan fingerprint density at radius 3 is 2.39 bits per heavy atom. The summed E-state index contributed by atoms with van der Waals surface area (Å²) in [6, 6.07) is 21.7. The number of phenolic OH excluding ortho intramolecular Hbond substituents is 1. The number of aromatic nitrogens is 1. The number of fused-ring (bicyclic) bond motifs is 1. The molecule has 1 N–H and O–H groups in total. The van der Waals surface area contributed by atoms with Gasteiger partial charge in [0.1, 0.15) is 10.8 Å². The summed E-state index contributed by atoms with van der Waals surface area (Å²) >= 11 is 1.56. The van der Waals surface area contributed by atoms with Gasteiger partial charge < -0.3 is 10.0 Å². The molecule has 4 rings (SSSR count). The van der Waals surface area contributed by atoms with Crippen molar-refractivity contribution in [2.45, 2.75) is 13.8 Å². The molecule has 0 spiro atoms. The maximum Gasteiger partial charge on any atom is 0.134 e. The van der Waals surface area contributed by atoms with Crippen LogP contribution in [0.15, 0.2) is 76.9 Å². The Kier molecular flexibility index (Phi) is 6.38. The number of anilines is 1. The van der Waals surface area contributed by atoms with E-state index in [4.69, 9.17) is 0 Å². The molecule has 0 saturated heterocycles. The molecule has 5 nitrogen and oxygen atoms in total. The van der Waals surface area contributed by atoms with Gasteiger partial charge >= 0.3 is 0 Å². The summed E-state index contributed by atoms with van der Waals surface area (Å²) < 4.78 is 1.09. The topological polar surface area (TPSA) is 61.1 Å². The number of para-hydroxylation sites is 2. The number of aromatic hydroxyl groups is 1. The van der Waals surface area contributed by atoms with E-state index < -0.39 is 0 Å². The first kappa shape index (κ1) is 20.8. The molecule has 6 heteroatoms. The van der Waals surface area contributed by atoms with E-state index in [1.807, 2.05) is 54.6 Å². The van der Waals surface area contributed by atoms with E-state index in [-0.39, 0.29) is 5.75 Å². The number of hydrogen-bond acceptors (Lipinski definition) is 6. The molecule has 156 valence electrons. The number of thiazole rings is 1. The zero-order valence-corrected chi connectivity index (χ0v) is 18.4. The average molecular weight is 429 g/mol. The summed E-state index contributed by atoms with van der Waals surface area (Å²) in [7, 11) is 0. The van der Waals surface area contributed by atoms with Crippen molar-refractivity contribution in [3.8, 4) is 16.3 Å². The summed E-state index contributed by atoms with van der Waals surface area (Å²) in [4.78, 5) is 6.93. The van der Waals surface area contributed by atoms with Crippen LogP contribution in [-0.4, -0.2) is 35.6 Å². The standard InChI is InChI=1S/C25H24N4OS/c1-3-29(4-2)20-14-12-18(13-15-20)16-26-27-17-19-8-7-9-21(24(19)30)25-28-22-10-5-6-11-23(22)31-25/h5-17,30H,3-4H2,1-2H3/b26-16+,27-17+. The third kappa shape index (κ3) is 4.64. The van der Waals surface area contributed by atoms with E-state index in [0.717, 1.165) is 33.9 Å². The van der Waals surface area contributed by atoms with Gasteiger partial charge in [-0.25, -0.2) is 4.98 Å². The van der Waals surface area contributed by atoms with Crippen LogP contribution in [0.5, 0.6) is 5.75 Å². The van der Waals surface area contributed by atoms with Gasteiger partial charge in [0.15, 0.2) is 0 Å². The summed E-state index contributed by atoms with van der Waals surface area (Å²) in [5.41, 5.74) is 4.40. The number of hydrogen-bond donors (Lipinski definition) is 1. The van der Waals surface area contributed by atoms with Crippen molar-refractivity contribution in [3.05, 3.63) is 77.9 Å². The number of phenols is 1. The van der Waals surface area contributed by atoms with Crippen LogP contribution in [-0.2, 0) is 0 Å². The van der Waals surface area contributed by atoms with Crippen LogP contribution in [0.2, 0.25) is 0 Å². The predicted molar refractivity (Wildman–Crippen MR) is 132 cm³/mol. The zero-order valence-electron chi connectivity index (χ0n) is 17.6. The van der Waals surface area contributed by atoms with E-state index >= 15 is 0 Å². The number of rotatable bonds is 7. The van der Waals surface area contributed by atoms with Gasteiger partial charge in [-0.2, -0.15) is 10.2 Å². The molecule has 0 saturated carbocycles. The first-order chi connectivity index (χ1) is 15.2. The highest BCUT2D eigenvalue weighted by Gasteiger charge is 2.12. The van der Waals surface area contributed by atoms with Gasteiger partial charge in [-0.05, 0) is 55.8 Å². The zero-order chi connectivity index (χ0) is 21.6. The molecule has 0 unspecified atom stereocenters. The van der Waals surface area contributed by atoms with Gasteiger partial charge in [0, 0.05) is 24.3 Å². The van der Waals surface area contributed by atoms with Gasteiger partial charge in [-0.3, -0.25) is 0 Å². The molecule has 1 aromatic heterocycles. The lowest BCUT2D eigenvalue weighted by Crippen LogP contribution is -2.21. The summed E-state index contributed by atoms with van der Waals surface area (Å²) in [5, 5.41) is 19.8. The fraction of sp³-hybridized carbons (Fsp3) is 0.160. The maximum atomic E-state index is 10.7. The minimum absolute atomic E-state index is 0.157. The van der Waals surface area contributed by atoms with Crippen LogP contribution in [0.4, 0.5) is 5.69 Å². The predicted octanol–water partition coefficient (Wildman–Crippen LogP) is 5.97. The monoisotopic (exact) mass is 428 g/mol. The molecule has 3 aromatic carbocycles. The van der Waals surface area contributed by atoms with E-state index in [1.54, 1.807) is 23.8 Å². The minimum Gasteiger partial charge on any atom is -0.507 e. The van der Waals surface area contributed by atoms with Crippen molar-refractivity contribution >= 4 is 39.7 Å². The first-order valence-corrected chi connectivity index (χ1v) is 11.1. The number of nitrogens with zero attached hydrogens (tertiary/aromatic N) is 4. The third-order valence-electron chi connectivity index (χ3n) is 5.08.